The van der Waals surface area contributed by atoms with Gasteiger partial charge in [0.1, 0.15) is 18.0 Å². The summed E-state index contributed by atoms with van der Waals surface area (Å²) in [6.07, 6.45) is 6.55. The average molecular weight is 357 g/mol. The SMILES string of the molecule is CCc1ncnc(N2CCC(OCCOC)CC2)c1-c1ccc(N)nc1. The summed E-state index contributed by atoms with van der Waals surface area (Å²) in [6.45, 7) is 5.22. The van der Waals surface area contributed by atoms with Crippen LogP contribution < -0.4 is 10.6 Å². The van der Waals surface area contributed by atoms with E-state index in [1.807, 2.05) is 12.1 Å². The summed E-state index contributed by atoms with van der Waals surface area (Å²) in [4.78, 5) is 15.7. The van der Waals surface area contributed by atoms with Crippen molar-refractivity contribution in [2.75, 3.05) is 44.0 Å². The molecule has 0 unspecified atom stereocenters. The number of methoxy groups -OCH3 is 1. The fourth-order valence-corrected chi connectivity index (χ4v) is 3.30. The molecule has 0 bridgehead atoms. The van der Waals surface area contributed by atoms with E-state index in [0.717, 1.165) is 55.0 Å². The third kappa shape index (κ3) is 4.28. The van der Waals surface area contributed by atoms with Crippen molar-refractivity contribution in [3.05, 3.63) is 30.4 Å². The van der Waals surface area contributed by atoms with E-state index in [1.54, 1.807) is 19.6 Å². The van der Waals surface area contributed by atoms with Crippen LogP contribution in [0.25, 0.3) is 11.1 Å². The van der Waals surface area contributed by atoms with Gasteiger partial charge in [-0.25, -0.2) is 15.0 Å². The Bertz CT molecular complexity index is 700. The average Bonchev–Trinajstić information content (AvgIpc) is 2.69. The van der Waals surface area contributed by atoms with Gasteiger partial charge in [0.15, 0.2) is 0 Å². The Kier molecular flexibility index (Phi) is 6.35. The highest BCUT2D eigenvalue weighted by molar-refractivity contribution is 5.78. The van der Waals surface area contributed by atoms with Crippen molar-refractivity contribution in [2.24, 2.45) is 0 Å². The number of hydrogen-bond acceptors (Lipinski definition) is 7. The second-order valence-corrected chi connectivity index (χ2v) is 6.39. The molecule has 26 heavy (non-hydrogen) atoms. The van der Waals surface area contributed by atoms with Gasteiger partial charge in [0.2, 0.25) is 0 Å². The van der Waals surface area contributed by atoms with Crippen molar-refractivity contribution in [2.45, 2.75) is 32.3 Å². The van der Waals surface area contributed by atoms with E-state index in [1.165, 1.54) is 0 Å². The molecule has 3 heterocycles. The van der Waals surface area contributed by atoms with Gasteiger partial charge in [0.05, 0.1) is 25.0 Å². The second kappa shape index (κ2) is 8.91. The molecular weight excluding hydrogens is 330 g/mol. The summed E-state index contributed by atoms with van der Waals surface area (Å²) in [5.41, 5.74) is 8.84. The topological polar surface area (TPSA) is 86.4 Å². The van der Waals surface area contributed by atoms with Crippen LogP contribution >= 0.6 is 0 Å². The largest absolute Gasteiger partial charge is 0.384 e. The minimum absolute atomic E-state index is 0.288. The van der Waals surface area contributed by atoms with Crippen LogP contribution in [0, 0.1) is 0 Å². The monoisotopic (exact) mass is 357 g/mol. The Labute approximate surface area is 154 Å². The fraction of sp³-hybridized carbons (Fsp3) is 0.526. The molecule has 2 N–H and O–H groups in total. The van der Waals surface area contributed by atoms with Crippen LogP contribution in [0.15, 0.2) is 24.7 Å². The Morgan fingerprint density at radius 1 is 1.15 bits per heavy atom. The standard InChI is InChI=1S/C19H27N5O2/c1-3-16-18(14-4-5-17(20)21-12-14)19(23-13-22-16)24-8-6-15(7-9-24)26-11-10-25-2/h4-5,12-13,15H,3,6-11H2,1-2H3,(H2,20,21). The molecule has 140 valence electrons. The van der Waals surface area contributed by atoms with Gasteiger partial charge in [-0.3, -0.25) is 0 Å². The highest BCUT2D eigenvalue weighted by Gasteiger charge is 2.24. The predicted octanol–water partition coefficient (Wildman–Crippen LogP) is 2.32. The number of rotatable bonds is 7. The van der Waals surface area contributed by atoms with Gasteiger partial charge in [-0.2, -0.15) is 0 Å². The van der Waals surface area contributed by atoms with E-state index >= 15 is 0 Å². The van der Waals surface area contributed by atoms with Gasteiger partial charge in [0, 0.05) is 37.5 Å². The van der Waals surface area contributed by atoms with Crippen molar-refractivity contribution in [1.82, 2.24) is 15.0 Å². The van der Waals surface area contributed by atoms with Gasteiger partial charge in [-0.05, 0) is 31.4 Å². The van der Waals surface area contributed by atoms with Crippen LogP contribution in [0.4, 0.5) is 11.6 Å². The molecule has 0 radical (unpaired) electrons. The van der Waals surface area contributed by atoms with Crippen LogP contribution in [0.1, 0.15) is 25.5 Å². The molecule has 2 aromatic heterocycles. The van der Waals surface area contributed by atoms with E-state index in [-0.39, 0.29) is 6.10 Å². The number of pyridine rings is 1. The third-order valence-corrected chi connectivity index (χ3v) is 4.70. The molecule has 3 rings (SSSR count). The lowest BCUT2D eigenvalue weighted by atomic mass is 10.0. The van der Waals surface area contributed by atoms with E-state index in [4.69, 9.17) is 15.2 Å². The Balaban J connectivity index is 1.79. The lowest BCUT2D eigenvalue weighted by Gasteiger charge is -2.34. The molecule has 1 aliphatic heterocycles. The summed E-state index contributed by atoms with van der Waals surface area (Å²) in [5.74, 6) is 1.48. The molecule has 0 amide bonds. The van der Waals surface area contributed by atoms with Crippen LogP contribution in [0.3, 0.4) is 0 Å². The maximum atomic E-state index is 5.87. The lowest BCUT2D eigenvalue weighted by molar-refractivity contribution is 0.00605. The normalized spacial score (nSPS) is 15.4. The molecule has 0 aliphatic carbocycles. The quantitative estimate of drug-likeness (QED) is 0.761. The lowest BCUT2D eigenvalue weighted by Crippen LogP contribution is -2.38. The minimum atomic E-state index is 0.288. The number of hydrogen-bond donors (Lipinski definition) is 1. The van der Waals surface area contributed by atoms with Crippen LogP contribution in [0.5, 0.6) is 0 Å². The Hall–Kier alpha value is -2.25. The third-order valence-electron chi connectivity index (χ3n) is 4.70. The first-order chi connectivity index (χ1) is 12.7. The number of piperidine rings is 1. The Morgan fingerprint density at radius 3 is 2.62 bits per heavy atom. The molecule has 0 atom stereocenters. The van der Waals surface area contributed by atoms with Crippen molar-refractivity contribution >= 4 is 11.6 Å². The van der Waals surface area contributed by atoms with Crippen molar-refractivity contribution in [1.29, 1.82) is 0 Å². The first-order valence-electron chi connectivity index (χ1n) is 9.14. The van der Waals surface area contributed by atoms with Crippen LogP contribution in [-0.4, -0.2) is 54.5 Å². The second-order valence-electron chi connectivity index (χ2n) is 6.39. The van der Waals surface area contributed by atoms with E-state index in [9.17, 15) is 0 Å². The summed E-state index contributed by atoms with van der Waals surface area (Å²) in [6, 6.07) is 3.81. The van der Waals surface area contributed by atoms with E-state index < -0.39 is 0 Å². The highest BCUT2D eigenvalue weighted by atomic mass is 16.5. The molecule has 0 spiro atoms. The molecule has 1 aliphatic rings. The van der Waals surface area contributed by atoms with Crippen LogP contribution in [0.2, 0.25) is 0 Å². The number of nitrogens with zero attached hydrogens (tertiary/aromatic N) is 4. The number of nitrogen functional groups attached to an aromatic ring is 1. The number of aryl methyl sites for hydroxylation is 1. The van der Waals surface area contributed by atoms with Crippen molar-refractivity contribution in [3.63, 3.8) is 0 Å². The first-order valence-corrected chi connectivity index (χ1v) is 9.14. The van der Waals surface area contributed by atoms with Gasteiger partial charge in [-0.1, -0.05) is 6.92 Å². The van der Waals surface area contributed by atoms with Crippen molar-refractivity contribution in [3.8, 4) is 11.1 Å². The Morgan fingerprint density at radius 2 is 1.96 bits per heavy atom. The zero-order chi connectivity index (χ0) is 18.4. The molecule has 7 nitrogen and oxygen atoms in total. The molecular formula is C19H27N5O2. The fourth-order valence-electron chi connectivity index (χ4n) is 3.30. The van der Waals surface area contributed by atoms with Crippen LogP contribution in [-0.2, 0) is 15.9 Å². The molecule has 1 saturated heterocycles. The van der Waals surface area contributed by atoms with Gasteiger partial charge in [0.25, 0.3) is 0 Å². The summed E-state index contributed by atoms with van der Waals surface area (Å²) in [5, 5.41) is 0. The number of anilines is 2. The molecule has 2 aromatic rings. The number of ether oxygens (including phenoxy) is 2. The maximum Gasteiger partial charge on any atom is 0.140 e. The predicted molar refractivity (Wildman–Crippen MR) is 102 cm³/mol. The highest BCUT2D eigenvalue weighted by Crippen LogP contribution is 2.33. The van der Waals surface area contributed by atoms with E-state index in [2.05, 4.69) is 26.8 Å². The minimum Gasteiger partial charge on any atom is -0.384 e. The number of aromatic nitrogens is 3. The smallest absolute Gasteiger partial charge is 0.140 e. The van der Waals surface area contributed by atoms with E-state index in [0.29, 0.717) is 19.0 Å². The van der Waals surface area contributed by atoms with Crippen molar-refractivity contribution < 1.29 is 9.47 Å². The molecule has 0 aromatic carbocycles. The zero-order valence-corrected chi connectivity index (χ0v) is 15.5. The van der Waals surface area contributed by atoms with Gasteiger partial charge >= 0.3 is 0 Å². The maximum absolute atomic E-state index is 5.87. The summed E-state index contributed by atoms with van der Waals surface area (Å²) >= 11 is 0. The molecule has 1 fully saturated rings. The molecule has 0 saturated carbocycles. The first kappa shape index (κ1) is 18.5. The molecule has 7 heteroatoms. The van der Waals surface area contributed by atoms with Gasteiger partial charge in [-0.15, -0.1) is 0 Å². The number of nitrogens with two attached hydrogens (primary N) is 1. The summed E-state index contributed by atoms with van der Waals surface area (Å²) in [7, 11) is 1.69. The zero-order valence-electron chi connectivity index (χ0n) is 15.5. The summed E-state index contributed by atoms with van der Waals surface area (Å²) < 4.78 is 10.9. The van der Waals surface area contributed by atoms with Gasteiger partial charge < -0.3 is 20.1 Å².